The van der Waals surface area contributed by atoms with Gasteiger partial charge < -0.3 is 16.0 Å². The number of imidazole rings is 1. The van der Waals surface area contributed by atoms with Gasteiger partial charge in [0.05, 0.1) is 22.9 Å². The number of pyridine rings is 2. The molecule has 0 saturated carbocycles. The summed E-state index contributed by atoms with van der Waals surface area (Å²) in [7, 11) is 0. The van der Waals surface area contributed by atoms with Gasteiger partial charge in [-0.3, -0.25) is 9.97 Å². The van der Waals surface area contributed by atoms with Crippen molar-refractivity contribution in [3.8, 4) is 22.3 Å². The lowest BCUT2D eigenvalue weighted by molar-refractivity contribution is 0.862. The second-order valence-corrected chi connectivity index (χ2v) is 8.55. The third-order valence-corrected chi connectivity index (χ3v) is 6.23. The second kappa shape index (κ2) is 8.06. The number of aromatic nitrogens is 4. The highest BCUT2D eigenvalue weighted by Gasteiger charge is 2.13. The molecule has 162 valence electrons. The van der Waals surface area contributed by atoms with Crippen LogP contribution in [0, 0.1) is 0 Å². The van der Waals surface area contributed by atoms with Gasteiger partial charge >= 0.3 is 0 Å². The van der Waals surface area contributed by atoms with Crippen LogP contribution >= 0.6 is 0 Å². The molecular weight excluding hydrogens is 408 g/mol. The van der Waals surface area contributed by atoms with Gasteiger partial charge in [-0.05, 0) is 53.3 Å². The molecule has 4 N–H and O–H groups in total. The maximum Gasteiger partial charge on any atom is 0.111 e. The standard InChI is InChI=1S/C27H24N6/c28-24-7-6-18-10-20(24)12-26-32-25-16-30-15-23(27(25)33-26)19-5-1-3-17(9-19)4-2-8-31-22-11-21(18)13-29-14-22/h1,3,5-7,9-11,13-16,31H,2,4,8,12,28H2,(H,32,33). The van der Waals surface area contributed by atoms with E-state index in [1.54, 1.807) is 0 Å². The number of rotatable bonds is 0. The molecule has 5 aromatic rings. The van der Waals surface area contributed by atoms with Crippen molar-refractivity contribution in [1.82, 2.24) is 19.9 Å². The van der Waals surface area contributed by atoms with Gasteiger partial charge in [0, 0.05) is 48.4 Å². The summed E-state index contributed by atoms with van der Waals surface area (Å²) in [6.07, 6.45) is 10.1. The van der Waals surface area contributed by atoms with Gasteiger partial charge in [0.15, 0.2) is 0 Å². The number of H-pyrrole nitrogens is 1. The molecule has 8 bridgehead atoms. The SMILES string of the molecule is Nc1ccc2cc1Cc1nc3c(cncc3[nH]1)-c1cccc(c1)CCCNc1cncc-2c1. The van der Waals surface area contributed by atoms with Crippen LogP contribution in [0.5, 0.6) is 0 Å². The van der Waals surface area contributed by atoms with Crippen LogP contribution in [0.2, 0.25) is 0 Å². The molecule has 6 nitrogen and oxygen atoms in total. The Morgan fingerprint density at radius 1 is 0.848 bits per heavy atom. The number of fused-ring (bicyclic) bond motifs is 9. The third kappa shape index (κ3) is 3.80. The largest absolute Gasteiger partial charge is 0.398 e. The minimum Gasteiger partial charge on any atom is -0.398 e. The van der Waals surface area contributed by atoms with E-state index in [9.17, 15) is 0 Å². The quantitative estimate of drug-likeness (QED) is 0.292. The van der Waals surface area contributed by atoms with Crippen LogP contribution in [0.4, 0.5) is 11.4 Å². The van der Waals surface area contributed by atoms with Crippen LogP contribution < -0.4 is 11.1 Å². The van der Waals surface area contributed by atoms with Crippen molar-refractivity contribution >= 4 is 22.4 Å². The maximum absolute atomic E-state index is 6.35. The molecule has 0 aliphatic carbocycles. The number of hydrogen-bond donors (Lipinski definition) is 3. The Morgan fingerprint density at radius 3 is 2.76 bits per heavy atom. The number of aryl methyl sites for hydroxylation is 1. The molecule has 2 aromatic carbocycles. The zero-order valence-electron chi connectivity index (χ0n) is 18.2. The summed E-state index contributed by atoms with van der Waals surface area (Å²) < 4.78 is 0. The van der Waals surface area contributed by atoms with Crippen LogP contribution in [0.15, 0.2) is 73.3 Å². The number of nitrogens with one attached hydrogen (secondary N) is 2. The van der Waals surface area contributed by atoms with Crippen molar-refractivity contribution in [2.24, 2.45) is 0 Å². The Labute approximate surface area is 191 Å². The van der Waals surface area contributed by atoms with E-state index < -0.39 is 0 Å². The average Bonchev–Trinajstić information content (AvgIpc) is 3.26. The molecule has 0 unspecified atom stereocenters. The molecule has 0 amide bonds. The van der Waals surface area contributed by atoms with Crippen molar-refractivity contribution in [1.29, 1.82) is 0 Å². The highest BCUT2D eigenvalue weighted by molar-refractivity contribution is 5.91. The number of nitrogen functional groups attached to an aromatic ring is 1. The van der Waals surface area contributed by atoms with Crippen LogP contribution in [0.1, 0.15) is 23.4 Å². The monoisotopic (exact) mass is 432 g/mol. The zero-order chi connectivity index (χ0) is 22.2. The Bertz CT molecular complexity index is 1470. The van der Waals surface area contributed by atoms with Crippen LogP contribution in [-0.4, -0.2) is 26.5 Å². The van der Waals surface area contributed by atoms with E-state index >= 15 is 0 Å². The van der Waals surface area contributed by atoms with Crippen LogP contribution in [0.25, 0.3) is 33.3 Å². The number of nitrogens with zero attached hydrogens (tertiary/aromatic N) is 3. The van der Waals surface area contributed by atoms with Gasteiger partial charge in [-0.25, -0.2) is 4.98 Å². The fourth-order valence-electron chi connectivity index (χ4n) is 4.51. The summed E-state index contributed by atoms with van der Waals surface area (Å²) in [5.74, 6) is 0.869. The first-order valence-corrected chi connectivity index (χ1v) is 11.2. The molecule has 1 aliphatic heterocycles. The van der Waals surface area contributed by atoms with E-state index in [1.165, 1.54) is 5.56 Å². The van der Waals surface area contributed by atoms with Gasteiger partial charge in [0.25, 0.3) is 0 Å². The lowest BCUT2D eigenvalue weighted by atomic mass is 10.0. The summed E-state index contributed by atoms with van der Waals surface area (Å²) in [6, 6.07) is 17.0. The van der Waals surface area contributed by atoms with Crippen LogP contribution in [0.3, 0.4) is 0 Å². The maximum atomic E-state index is 6.35. The lowest BCUT2D eigenvalue weighted by Gasteiger charge is -2.11. The van der Waals surface area contributed by atoms with E-state index in [4.69, 9.17) is 10.7 Å². The first kappa shape index (κ1) is 19.5. The van der Waals surface area contributed by atoms with Gasteiger partial charge in [-0.15, -0.1) is 0 Å². The van der Waals surface area contributed by atoms with Gasteiger partial charge in [-0.2, -0.15) is 0 Å². The Morgan fingerprint density at radius 2 is 1.79 bits per heavy atom. The fraction of sp³-hybridized carbons (Fsp3) is 0.148. The molecule has 1 aliphatic rings. The highest BCUT2D eigenvalue weighted by atomic mass is 14.9. The highest BCUT2D eigenvalue weighted by Crippen LogP contribution is 2.30. The minimum absolute atomic E-state index is 0.610. The van der Waals surface area contributed by atoms with Crippen molar-refractivity contribution in [3.63, 3.8) is 0 Å². The van der Waals surface area contributed by atoms with E-state index in [2.05, 4.69) is 56.7 Å². The van der Waals surface area contributed by atoms with Crippen LogP contribution in [-0.2, 0) is 12.8 Å². The molecule has 4 heterocycles. The smallest absolute Gasteiger partial charge is 0.111 e. The van der Waals surface area contributed by atoms with Gasteiger partial charge in [-0.1, -0.05) is 30.3 Å². The van der Waals surface area contributed by atoms with Gasteiger partial charge in [0.1, 0.15) is 5.82 Å². The molecule has 6 heteroatoms. The molecule has 0 saturated heterocycles. The van der Waals surface area contributed by atoms with E-state index in [1.807, 2.05) is 36.9 Å². The Kier molecular flexibility index (Phi) is 4.76. The summed E-state index contributed by atoms with van der Waals surface area (Å²) >= 11 is 0. The van der Waals surface area contributed by atoms with E-state index in [0.717, 1.165) is 75.4 Å². The number of anilines is 2. The predicted molar refractivity (Wildman–Crippen MR) is 133 cm³/mol. The molecular formula is C27H24N6. The average molecular weight is 433 g/mol. The molecule has 0 atom stereocenters. The first-order valence-electron chi connectivity index (χ1n) is 11.2. The number of hydrogen-bond acceptors (Lipinski definition) is 5. The van der Waals surface area contributed by atoms with Crippen molar-refractivity contribution in [2.75, 3.05) is 17.6 Å². The minimum atomic E-state index is 0.610. The molecule has 6 rings (SSSR count). The van der Waals surface area contributed by atoms with Gasteiger partial charge in [0.2, 0.25) is 0 Å². The summed E-state index contributed by atoms with van der Waals surface area (Å²) in [6.45, 7) is 0.877. The Balaban J connectivity index is 1.50. The summed E-state index contributed by atoms with van der Waals surface area (Å²) in [5.41, 5.74) is 16.7. The second-order valence-electron chi connectivity index (χ2n) is 8.55. The summed E-state index contributed by atoms with van der Waals surface area (Å²) in [4.78, 5) is 17.3. The molecule has 0 spiro atoms. The molecule has 3 aromatic heterocycles. The van der Waals surface area contributed by atoms with Crippen molar-refractivity contribution in [2.45, 2.75) is 19.3 Å². The van der Waals surface area contributed by atoms with E-state index in [0.29, 0.717) is 6.42 Å². The summed E-state index contributed by atoms with van der Waals surface area (Å²) in [5, 5.41) is 3.52. The zero-order valence-corrected chi connectivity index (χ0v) is 18.2. The van der Waals surface area contributed by atoms with E-state index in [-0.39, 0.29) is 0 Å². The third-order valence-electron chi connectivity index (χ3n) is 6.23. The predicted octanol–water partition coefficient (Wildman–Crippen LogP) is 5.22. The number of aromatic amines is 1. The molecule has 33 heavy (non-hydrogen) atoms. The van der Waals surface area contributed by atoms with Crippen molar-refractivity contribution < 1.29 is 0 Å². The lowest BCUT2D eigenvalue weighted by Crippen LogP contribution is -2.04. The first-order chi connectivity index (χ1) is 16.2. The topological polar surface area (TPSA) is 92.5 Å². The number of benzene rings is 2. The Hall–Kier alpha value is -4.19. The number of nitrogens with two attached hydrogens (primary N) is 1. The van der Waals surface area contributed by atoms with Crippen molar-refractivity contribution in [3.05, 3.63) is 90.3 Å². The molecule has 0 radical (unpaired) electrons. The molecule has 0 fully saturated rings. The normalized spacial score (nSPS) is 13.3. The fourth-order valence-corrected chi connectivity index (χ4v) is 4.51.